The van der Waals surface area contributed by atoms with Gasteiger partial charge in [-0.3, -0.25) is 4.79 Å². The Bertz CT molecular complexity index is 738. The number of carbonyl (C=O) groups excluding carboxylic acids is 1. The molecule has 1 heterocycles. The number of aromatic nitrogens is 2. The topological polar surface area (TPSA) is 58.7 Å². The van der Waals surface area contributed by atoms with Gasteiger partial charge in [0.1, 0.15) is 11.6 Å². The van der Waals surface area contributed by atoms with Crippen molar-refractivity contribution in [1.82, 2.24) is 9.78 Å². The first-order valence-corrected chi connectivity index (χ1v) is 7.05. The first-order chi connectivity index (χ1) is 9.52. The van der Waals surface area contributed by atoms with Crippen molar-refractivity contribution in [2.75, 3.05) is 0 Å². The van der Waals surface area contributed by atoms with Crippen molar-refractivity contribution in [2.45, 2.75) is 13.8 Å². The summed E-state index contributed by atoms with van der Waals surface area (Å²) in [6, 6.07) is 11.3. The Morgan fingerprint density at radius 3 is 2.65 bits per heavy atom. The number of halogens is 1. The molecule has 0 amide bonds. The zero-order valence-corrected chi connectivity index (χ0v) is 13.2. The largest absolute Gasteiger partial charge is 0.289 e. The Labute approximate surface area is 130 Å². The van der Waals surface area contributed by atoms with E-state index in [2.05, 4.69) is 27.7 Å². The minimum Gasteiger partial charge on any atom is -0.266 e. The number of hydrogen-bond acceptors (Lipinski definition) is 3. The van der Waals surface area contributed by atoms with Crippen LogP contribution < -0.4 is 0 Å². The quantitative estimate of drug-likeness (QED) is 0.458. The van der Waals surface area contributed by atoms with Gasteiger partial charge < -0.3 is 0 Å². The number of rotatable bonds is 2. The van der Waals surface area contributed by atoms with Gasteiger partial charge in [0.25, 0.3) is 5.91 Å². The lowest BCUT2D eigenvalue weighted by Gasteiger charge is -2.03. The number of aryl methyl sites for hydroxylation is 2. The predicted molar refractivity (Wildman–Crippen MR) is 85.1 cm³/mol. The minimum absolute atomic E-state index is 0.0697. The molecule has 2 rings (SSSR count). The van der Waals surface area contributed by atoms with Crippen LogP contribution in [-0.4, -0.2) is 15.7 Å². The van der Waals surface area contributed by atoms with Crippen LogP contribution in [0, 0.1) is 28.7 Å². The molecule has 0 fully saturated rings. The van der Waals surface area contributed by atoms with Gasteiger partial charge in [-0.15, -0.1) is 0 Å². The van der Waals surface area contributed by atoms with E-state index in [1.54, 1.807) is 19.1 Å². The van der Waals surface area contributed by atoms with E-state index in [1.165, 1.54) is 4.68 Å². The van der Waals surface area contributed by atoms with Crippen molar-refractivity contribution < 1.29 is 4.79 Å². The highest BCUT2D eigenvalue weighted by atomic mass is 127. The molecule has 0 aliphatic carbocycles. The first kappa shape index (κ1) is 14.5. The zero-order valence-electron chi connectivity index (χ0n) is 11.1. The van der Waals surface area contributed by atoms with Crippen molar-refractivity contribution in [3.8, 4) is 6.07 Å². The number of hydrogen-bond donors (Lipinski definition) is 0. The maximum Gasteiger partial charge on any atom is 0.289 e. The van der Waals surface area contributed by atoms with Crippen LogP contribution in [0.2, 0.25) is 0 Å². The summed E-state index contributed by atoms with van der Waals surface area (Å²) in [6.45, 7) is 3.60. The highest BCUT2D eigenvalue weighted by molar-refractivity contribution is 14.1. The molecule has 0 saturated carbocycles. The molecule has 0 unspecified atom stereocenters. The number of nitriles is 1. The van der Waals surface area contributed by atoms with Gasteiger partial charge in [-0.2, -0.15) is 10.4 Å². The van der Waals surface area contributed by atoms with Gasteiger partial charge in [0.15, 0.2) is 0 Å². The van der Waals surface area contributed by atoms with E-state index >= 15 is 0 Å². The molecule has 2 aromatic rings. The second-order valence-electron chi connectivity index (χ2n) is 4.34. The van der Waals surface area contributed by atoms with Gasteiger partial charge in [0.2, 0.25) is 0 Å². The molecule has 5 heteroatoms. The lowest BCUT2D eigenvalue weighted by molar-refractivity contribution is 0.0944. The molecule has 0 aliphatic rings. The van der Waals surface area contributed by atoms with Crippen molar-refractivity contribution in [2.24, 2.45) is 0 Å². The molecule has 0 saturated heterocycles. The maximum absolute atomic E-state index is 12.3. The van der Waals surface area contributed by atoms with E-state index in [0.29, 0.717) is 0 Å². The van der Waals surface area contributed by atoms with Crippen LogP contribution in [0.15, 0.2) is 35.9 Å². The first-order valence-electron chi connectivity index (χ1n) is 5.97. The minimum atomic E-state index is -0.405. The Morgan fingerprint density at radius 2 is 2.10 bits per heavy atom. The van der Waals surface area contributed by atoms with Crippen LogP contribution in [0.1, 0.15) is 21.7 Å². The van der Waals surface area contributed by atoms with Crippen LogP contribution in [0.25, 0.3) is 6.08 Å². The van der Waals surface area contributed by atoms with Crippen LogP contribution >= 0.6 is 22.6 Å². The van der Waals surface area contributed by atoms with Crippen LogP contribution in [0.3, 0.4) is 0 Å². The normalized spacial score (nSPS) is 11.2. The summed E-state index contributed by atoms with van der Waals surface area (Å²) in [4.78, 5) is 12.3. The fraction of sp³-hybridized carbons (Fsp3) is 0.133. The summed E-state index contributed by atoms with van der Waals surface area (Å²) in [5, 5.41) is 13.3. The Balaban J connectivity index is 2.44. The average molecular weight is 377 g/mol. The summed E-state index contributed by atoms with van der Waals surface area (Å²) in [7, 11) is 0. The fourth-order valence-corrected chi connectivity index (χ4v) is 2.38. The van der Waals surface area contributed by atoms with Gasteiger partial charge in [-0.25, -0.2) is 4.68 Å². The predicted octanol–water partition coefficient (Wildman–Crippen LogP) is 3.35. The van der Waals surface area contributed by atoms with Gasteiger partial charge >= 0.3 is 0 Å². The van der Waals surface area contributed by atoms with Crippen molar-refractivity contribution in [1.29, 1.82) is 5.26 Å². The smallest absolute Gasteiger partial charge is 0.266 e. The number of carbonyl (C=O) groups is 1. The molecule has 1 aromatic carbocycles. The van der Waals surface area contributed by atoms with Crippen LogP contribution in [-0.2, 0) is 0 Å². The SMILES string of the molecule is Cc1cc(C)n(C(=O)/C(C#N)=C/c2ccccc2I)n1. The number of allylic oxidation sites excluding steroid dienone is 1. The fourth-order valence-electron chi connectivity index (χ4n) is 1.84. The van der Waals surface area contributed by atoms with E-state index in [-0.39, 0.29) is 5.57 Å². The van der Waals surface area contributed by atoms with E-state index in [1.807, 2.05) is 37.3 Å². The highest BCUT2D eigenvalue weighted by Gasteiger charge is 2.15. The molecule has 0 aliphatic heterocycles. The van der Waals surface area contributed by atoms with Crippen LogP contribution in [0.5, 0.6) is 0 Å². The second kappa shape index (κ2) is 6.01. The second-order valence-corrected chi connectivity index (χ2v) is 5.50. The summed E-state index contributed by atoms with van der Waals surface area (Å²) in [5.74, 6) is -0.405. The molecule has 20 heavy (non-hydrogen) atoms. The molecule has 100 valence electrons. The summed E-state index contributed by atoms with van der Waals surface area (Å²) in [6.07, 6.45) is 1.60. The van der Waals surface area contributed by atoms with Crippen LogP contribution in [0.4, 0.5) is 0 Å². The van der Waals surface area contributed by atoms with Gasteiger partial charge in [0.05, 0.1) is 5.69 Å². The van der Waals surface area contributed by atoms with E-state index in [4.69, 9.17) is 0 Å². The number of nitrogens with zero attached hydrogens (tertiary/aromatic N) is 3. The molecule has 0 bridgehead atoms. The van der Waals surface area contributed by atoms with Crippen molar-refractivity contribution in [3.63, 3.8) is 0 Å². The lowest BCUT2D eigenvalue weighted by atomic mass is 10.1. The summed E-state index contributed by atoms with van der Waals surface area (Å²) < 4.78 is 2.25. The third-order valence-electron chi connectivity index (χ3n) is 2.76. The third-order valence-corrected chi connectivity index (χ3v) is 3.74. The van der Waals surface area contributed by atoms with E-state index in [0.717, 1.165) is 20.5 Å². The Kier molecular flexibility index (Phi) is 4.35. The summed E-state index contributed by atoms with van der Waals surface area (Å²) in [5.41, 5.74) is 2.39. The van der Waals surface area contributed by atoms with E-state index < -0.39 is 5.91 Å². The average Bonchev–Trinajstić information content (AvgIpc) is 2.76. The molecule has 0 atom stereocenters. The van der Waals surface area contributed by atoms with Crippen molar-refractivity contribution in [3.05, 3.63) is 56.4 Å². The van der Waals surface area contributed by atoms with Crippen molar-refractivity contribution >= 4 is 34.6 Å². The molecular weight excluding hydrogens is 365 g/mol. The Hall–Kier alpha value is -1.94. The zero-order chi connectivity index (χ0) is 14.7. The highest BCUT2D eigenvalue weighted by Crippen LogP contribution is 2.16. The van der Waals surface area contributed by atoms with Gasteiger partial charge in [-0.05, 0) is 60.2 Å². The molecule has 1 aromatic heterocycles. The molecular formula is C15H12IN3O. The summed E-state index contributed by atoms with van der Waals surface area (Å²) >= 11 is 2.17. The maximum atomic E-state index is 12.3. The van der Waals surface area contributed by atoms with Gasteiger partial charge in [-0.1, -0.05) is 18.2 Å². The molecule has 4 nitrogen and oxygen atoms in total. The molecule has 0 radical (unpaired) electrons. The monoisotopic (exact) mass is 377 g/mol. The lowest BCUT2D eigenvalue weighted by Crippen LogP contribution is -2.15. The van der Waals surface area contributed by atoms with E-state index in [9.17, 15) is 10.1 Å². The number of benzene rings is 1. The molecule has 0 spiro atoms. The third kappa shape index (κ3) is 2.96. The van der Waals surface area contributed by atoms with Gasteiger partial charge in [0, 0.05) is 9.26 Å². The molecule has 0 N–H and O–H groups in total. The standard InChI is InChI=1S/C15H12IN3O/c1-10-7-11(2)19(18-10)15(20)13(9-17)8-12-5-3-4-6-14(12)16/h3-8H,1-2H3/b13-8+. The Morgan fingerprint density at radius 1 is 1.40 bits per heavy atom.